The molecule has 18 heavy (non-hydrogen) atoms. The second-order valence-electron chi connectivity index (χ2n) is 3.62. The van der Waals surface area contributed by atoms with Gasteiger partial charge >= 0.3 is 0 Å². The summed E-state index contributed by atoms with van der Waals surface area (Å²) in [6, 6.07) is 11.4. The molecule has 0 radical (unpaired) electrons. The van der Waals surface area contributed by atoms with Crippen molar-refractivity contribution < 1.29 is 4.74 Å². The number of rotatable bonds is 4. The maximum atomic E-state index is 8.97. The third-order valence-electron chi connectivity index (χ3n) is 2.39. The number of hydrogen-bond donors (Lipinski definition) is 1. The molecule has 0 aliphatic carbocycles. The highest BCUT2D eigenvalue weighted by atomic mass is 16.5. The Bertz CT molecular complexity index is 558. The van der Waals surface area contributed by atoms with E-state index in [4.69, 9.17) is 10.00 Å². The zero-order valence-corrected chi connectivity index (χ0v) is 10.1. The minimum Gasteiger partial charge on any atom is -0.494 e. The molecule has 0 bridgehead atoms. The monoisotopic (exact) mass is 239 g/mol. The maximum Gasteiger partial charge on any atom is 0.119 e. The van der Waals surface area contributed by atoms with Gasteiger partial charge in [0.25, 0.3) is 0 Å². The SMILES string of the molecule is CCOc1ccc(Nc2cnccc2C#N)cc1. The predicted octanol–water partition coefficient (Wildman–Crippen LogP) is 3.10. The second-order valence-corrected chi connectivity index (χ2v) is 3.62. The van der Waals surface area contributed by atoms with Gasteiger partial charge in [0.05, 0.1) is 24.1 Å². The van der Waals surface area contributed by atoms with Crippen LogP contribution in [-0.2, 0) is 0 Å². The lowest BCUT2D eigenvalue weighted by molar-refractivity contribution is 0.340. The van der Waals surface area contributed by atoms with Gasteiger partial charge in [0, 0.05) is 11.9 Å². The number of hydrogen-bond acceptors (Lipinski definition) is 4. The first-order valence-electron chi connectivity index (χ1n) is 5.67. The number of pyridine rings is 1. The predicted molar refractivity (Wildman–Crippen MR) is 69.8 cm³/mol. The van der Waals surface area contributed by atoms with Gasteiger partial charge in [0.2, 0.25) is 0 Å². The molecule has 1 N–H and O–H groups in total. The molecule has 4 nitrogen and oxygen atoms in total. The molecule has 0 aliphatic rings. The van der Waals surface area contributed by atoms with E-state index in [-0.39, 0.29) is 0 Å². The zero-order chi connectivity index (χ0) is 12.8. The van der Waals surface area contributed by atoms with E-state index < -0.39 is 0 Å². The second kappa shape index (κ2) is 5.69. The molecule has 90 valence electrons. The van der Waals surface area contributed by atoms with Crippen molar-refractivity contribution in [3.05, 3.63) is 48.3 Å². The third kappa shape index (κ3) is 2.77. The summed E-state index contributed by atoms with van der Waals surface area (Å²) >= 11 is 0. The highest BCUT2D eigenvalue weighted by molar-refractivity contribution is 5.65. The first-order valence-corrected chi connectivity index (χ1v) is 5.67. The minimum atomic E-state index is 0.568. The number of ether oxygens (including phenoxy) is 1. The average Bonchev–Trinajstić information content (AvgIpc) is 2.42. The molecular formula is C14H13N3O. The topological polar surface area (TPSA) is 57.9 Å². The van der Waals surface area contributed by atoms with Crippen LogP contribution in [0.25, 0.3) is 0 Å². The van der Waals surface area contributed by atoms with Gasteiger partial charge in [0.1, 0.15) is 11.8 Å². The van der Waals surface area contributed by atoms with Crippen LogP contribution in [0.2, 0.25) is 0 Å². The minimum absolute atomic E-state index is 0.568. The van der Waals surface area contributed by atoms with Crippen molar-refractivity contribution in [3.63, 3.8) is 0 Å². The van der Waals surface area contributed by atoms with Crippen molar-refractivity contribution in [3.8, 4) is 11.8 Å². The van der Waals surface area contributed by atoms with Gasteiger partial charge in [-0.05, 0) is 37.3 Å². The third-order valence-corrected chi connectivity index (χ3v) is 2.39. The molecule has 0 spiro atoms. The van der Waals surface area contributed by atoms with Crippen LogP contribution in [0, 0.1) is 11.3 Å². The van der Waals surface area contributed by atoms with Crippen LogP contribution in [0.15, 0.2) is 42.7 Å². The standard InChI is InChI=1S/C14H13N3O/c1-2-18-13-5-3-12(4-6-13)17-14-10-16-8-7-11(14)9-15/h3-8,10,17H,2H2,1H3. The molecule has 0 aliphatic heterocycles. The number of nitriles is 1. The van der Waals surface area contributed by atoms with Gasteiger partial charge in [-0.3, -0.25) is 4.98 Å². The van der Waals surface area contributed by atoms with Gasteiger partial charge in [-0.15, -0.1) is 0 Å². The number of nitrogens with zero attached hydrogens (tertiary/aromatic N) is 2. The van der Waals surface area contributed by atoms with Crippen molar-refractivity contribution in [2.24, 2.45) is 0 Å². The Morgan fingerprint density at radius 2 is 2.06 bits per heavy atom. The van der Waals surface area contributed by atoms with E-state index in [1.165, 1.54) is 0 Å². The maximum absolute atomic E-state index is 8.97. The lowest BCUT2D eigenvalue weighted by Gasteiger charge is -2.08. The van der Waals surface area contributed by atoms with Crippen LogP contribution in [0.3, 0.4) is 0 Å². The smallest absolute Gasteiger partial charge is 0.119 e. The highest BCUT2D eigenvalue weighted by Gasteiger charge is 2.01. The lowest BCUT2D eigenvalue weighted by atomic mass is 10.2. The molecule has 2 aromatic rings. The van der Waals surface area contributed by atoms with Crippen molar-refractivity contribution in [2.75, 3.05) is 11.9 Å². The van der Waals surface area contributed by atoms with Crippen molar-refractivity contribution >= 4 is 11.4 Å². The van der Waals surface area contributed by atoms with Crippen molar-refractivity contribution in [2.45, 2.75) is 6.92 Å². The normalized spacial score (nSPS) is 9.56. The van der Waals surface area contributed by atoms with Crippen molar-refractivity contribution in [1.29, 1.82) is 5.26 Å². The van der Waals surface area contributed by atoms with Crippen molar-refractivity contribution in [1.82, 2.24) is 4.98 Å². The molecule has 1 heterocycles. The van der Waals surface area contributed by atoms with Crippen LogP contribution in [0.5, 0.6) is 5.75 Å². The molecule has 0 fully saturated rings. The first-order chi connectivity index (χ1) is 8.83. The largest absolute Gasteiger partial charge is 0.494 e. The van der Waals surface area contributed by atoms with Gasteiger partial charge in [-0.2, -0.15) is 5.26 Å². The van der Waals surface area contributed by atoms with Gasteiger partial charge in [-0.25, -0.2) is 0 Å². The Morgan fingerprint density at radius 1 is 1.28 bits per heavy atom. The Balaban J connectivity index is 2.16. The summed E-state index contributed by atoms with van der Waals surface area (Å²) in [4.78, 5) is 4.00. The van der Waals surface area contributed by atoms with E-state index in [1.807, 2.05) is 31.2 Å². The van der Waals surface area contributed by atoms with E-state index >= 15 is 0 Å². The number of benzene rings is 1. The van der Waals surface area contributed by atoms with E-state index in [0.29, 0.717) is 17.9 Å². The fourth-order valence-electron chi connectivity index (χ4n) is 1.55. The Morgan fingerprint density at radius 3 is 2.72 bits per heavy atom. The quantitative estimate of drug-likeness (QED) is 0.890. The van der Waals surface area contributed by atoms with E-state index in [9.17, 15) is 0 Å². The lowest BCUT2D eigenvalue weighted by Crippen LogP contribution is -1.95. The van der Waals surface area contributed by atoms with E-state index in [1.54, 1.807) is 18.5 Å². The molecule has 4 heteroatoms. The number of anilines is 2. The zero-order valence-electron chi connectivity index (χ0n) is 10.1. The first kappa shape index (κ1) is 11.9. The van der Waals surface area contributed by atoms with Gasteiger partial charge < -0.3 is 10.1 Å². The molecule has 0 unspecified atom stereocenters. The Hall–Kier alpha value is -2.54. The van der Waals surface area contributed by atoms with Crippen LogP contribution in [0.4, 0.5) is 11.4 Å². The summed E-state index contributed by atoms with van der Waals surface area (Å²) in [5.74, 6) is 0.828. The molecule has 0 atom stereocenters. The summed E-state index contributed by atoms with van der Waals surface area (Å²) in [5.41, 5.74) is 2.16. The molecule has 0 amide bonds. The van der Waals surface area contributed by atoms with E-state index in [0.717, 1.165) is 11.4 Å². The van der Waals surface area contributed by atoms with Gasteiger partial charge in [-0.1, -0.05) is 0 Å². The Labute approximate surface area is 106 Å². The highest BCUT2D eigenvalue weighted by Crippen LogP contribution is 2.21. The van der Waals surface area contributed by atoms with Gasteiger partial charge in [0.15, 0.2) is 0 Å². The fourth-order valence-corrected chi connectivity index (χ4v) is 1.55. The summed E-state index contributed by atoms with van der Waals surface area (Å²) in [7, 11) is 0. The summed E-state index contributed by atoms with van der Waals surface area (Å²) in [6.45, 7) is 2.59. The number of nitrogens with one attached hydrogen (secondary N) is 1. The van der Waals surface area contributed by atoms with Crippen LogP contribution < -0.4 is 10.1 Å². The van der Waals surface area contributed by atoms with E-state index in [2.05, 4.69) is 16.4 Å². The van der Waals surface area contributed by atoms with Crippen LogP contribution in [0.1, 0.15) is 12.5 Å². The number of aromatic nitrogens is 1. The molecule has 2 rings (SSSR count). The van der Waals surface area contributed by atoms with Crippen LogP contribution >= 0.6 is 0 Å². The average molecular weight is 239 g/mol. The fraction of sp³-hybridized carbons (Fsp3) is 0.143. The molecule has 0 saturated heterocycles. The molecule has 1 aromatic heterocycles. The summed E-state index contributed by atoms with van der Waals surface area (Å²) in [5, 5.41) is 12.1. The molecular weight excluding hydrogens is 226 g/mol. The summed E-state index contributed by atoms with van der Waals surface area (Å²) < 4.78 is 5.36. The molecule has 0 saturated carbocycles. The molecule has 1 aromatic carbocycles. The Kier molecular flexibility index (Phi) is 3.77. The van der Waals surface area contributed by atoms with Crippen LogP contribution in [-0.4, -0.2) is 11.6 Å². The summed E-state index contributed by atoms with van der Waals surface area (Å²) in [6.07, 6.45) is 3.23.